The normalized spacial score (nSPS) is 10.6. The molecule has 2 aromatic carbocycles. The number of aryl methyl sites for hydroxylation is 1. The first-order valence-corrected chi connectivity index (χ1v) is 10.3. The number of fused-ring (bicyclic) bond motifs is 1. The fourth-order valence-electron chi connectivity index (χ4n) is 3.24. The van der Waals surface area contributed by atoms with Gasteiger partial charge in [-0.05, 0) is 25.1 Å². The zero-order chi connectivity index (χ0) is 23.2. The van der Waals surface area contributed by atoms with Crippen molar-refractivity contribution in [2.45, 2.75) is 13.5 Å². The predicted molar refractivity (Wildman–Crippen MR) is 121 cm³/mol. The number of pyridine rings is 1. The van der Waals surface area contributed by atoms with Crippen molar-refractivity contribution in [1.29, 1.82) is 0 Å². The summed E-state index contributed by atoms with van der Waals surface area (Å²) in [5.41, 5.74) is 7.11. The molecule has 2 amide bonds. The number of amides is 2. The third-order valence-electron chi connectivity index (χ3n) is 4.88. The number of benzene rings is 2. The highest BCUT2D eigenvalue weighted by Crippen LogP contribution is 2.25. The summed E-state index contributed by atoms with van der Waals surface area (Å²) in [6, 6.07) is 19.5. The van der Waals surface area contributed by atoms with E-state index in [1.165, 1.54) is 0 Å². The van der Waals surface area contributed by atoms with E-state index in [1.807, 2.05) is 37.3 Å². The number of aromatic nitrogens is 3. The minimum absolute atomic E-state index is 0.250. The average molecular weight is 443 g/mol. The van der Waals surface area contributed by atoms with E-state index in [1.54, 1.807) is 47.3 Å². The first kappa shape index (κ1) is 21.7. The molecule has 0 fully saturated rings. The second-order valence-corrected chi connectivity index (χ2v) is 7.06. The SMILES string of the molecule is CCn1ncc2c(C(=O)OCC(=O)NNC(=O)c3ccccc3)cc(-c3ccccc3)nc21. The topological polar surface area (TPSA) is 115 Å². The van der Waals surface area contributed by atoms with Crippen molar-refractivity contribution < 1.29 is 19.1 Å². The number of carbonyl (C=O) groups excluding carboxylic acids is 3. The van der Waals surface area contributed by atoms with E-state index < -0.39 is 24.4 Å². The molecule has 166 valence electrons. The highest BCUT2D eigenvalue weighted by molar-refractivity contribution is 6.04. The van der Waals surface area contributed by atoms with Crippen LogP contribution < -0.4 is 10.9 Å². The summed E-state index contributed by atoms with van der Waals surface area (Å²) >= 11 is 0. The van der Waals surface area contributed by atoms with Gasteiger partial charge >= 0.3 is 5.97 Å². The molecule has 2 N–H and O–H groups in total. The van der Waals surface area contributed by atoms with Crippen molar-refractivity contribution in [3.05, 3.63) is 84.1 Å². The molecule has 9 heteroatoms. The molecule has 4 rings (SSSR count). The van der Waals surface area contributed by atoms with Crippen LogP contribution in [0.15, 0.2) is 72.9 Å². The van der Waals surface area contributed by atoms with Crippen molar-refractivity contribution in [2.75, 3.05) is 6.61 Å². The van der Waals surface area contributed by atoms with Crippen molar-refractivity contribution in [3.63, 3.8) is 0 Å². The summed E-state index contributed by atoms with van der Waals surface area (Å²) in [4.78, 5) is 41.6. The van der Waals surface area contributed by atoms with Crippen molar-refractivity contribution in [2.24, 2.45) is 0 Å². The van der Waals surface area contributed by atoms with Gasteiger partial charge in [0.05, 0.1) is 22.8 Å². The third-order valence-corrected chi connectivity index (χ3v) is 4.88. The van der Waals surface area contributed by atoms with E-state index >= 15 is 0 Å². The van der Waals surface area contributed by atoms with Crippen LogP contribution in [-0.4, -0.2) is 39.2 Å². The van der Waals surface area contributed by atoms with E-state index in [4.69, 9.17) is 4.74 Å². The van der Waals surface area contributed by atoms with Gasteiger partial charge in [0.1, 0.15) is 0 Å². The summed E-state index contributed by atoms with van der Waals surface area (Å²) in [7, 11) is 0. The van der Waals surface area contributed by atoms with Gasteiger partial charge < -0.3 is 4.74 Å². The molecule has 2 heterocycles. The largest absolute Gasteiger partial charge is 0.452 e. The van der Waals surface area contributed by atoms with Gasteiger partial charge in [-0.1, -0.05) is 48.5 Å². The quantitative estimate of drug-likeness (QED) is 0.350. The highest BCUT2D eigenvalue weighted by atomic mass is 16.5. The molecule has 0 atom stereocenters. The maximum Gasteiger partial charge on any atom is 0.339 e. The van der Waals surface area contributed by atoms with Crippen LogP contribution in [0.3, 0.4) is 0 Å². The lowest BCUT2D eigenvalue weighted by Gasteiger charge is -2.10. The molecule has 4 aromatic rings. The minimum Gasteiger partial charge on any atom is -0.452 e. The number of ether oxygens (including phenoxy) is 1. The number of carbonyl (C=O) groups is 3. The van der Waals surface area contributed by atoms with E-state index in [0.717, 1.165) is 5.56 Å². The van der Waals surface area contributed by atoms with Gasteiger partial charge in [0.2, 0.25) is 0 Å². The summed E-state index contributed by atoms with van der Waals surface area (Å²) < 4.78 is 6.89. The molecule has 0 saturated heterocycles. The van der Waals surface area contributed by atoms with Crippen LogP contribution >= 0.6 is 0 Å². The van der Waals surface area contributed by atoms with Gasteiger partial charge in [-0.3, -0.25) is 20.4 Å². The Morgan fingerprint density at radius 1 is 0.970 bits per heavy atom. The van der Waals surface area contributed by atoms with Crippen LogP contribution in [0.2, 0.25) is 0 Å². The molecule has 0 aliphatic carbocycles. The van der Waals surface area contributed by atoms with Crippen LogP contribution in [0.5, 0.6) is 0 Å². The molecule has 33 heavy (non-hydrogen) atoms. The van der Waals surface area contributed by atoms with Gasteiger partial charge in [-0.2, -0.15) is 5.10 Å². The number of hydrazine groups is 1. The number of hydrogen-bond donors (Lipinski definition) is 2. The maximum absolute atomic E-state index is 12.8. The lowest BCUT2D eigenvalue weighted by molar-refractivity contribution is -0.125. The van der Waals surface area contributed by atoms with Crippen molar-refractivity contribution >= 4 is 28.8 Å². The standard InChI is InChI=1S/C24H21N5O4/c1-2-29-22-19(14-25-29)18(13-20(26-22)16-9-5-3-6-10-16)24(32)33-15-21(30)27-28-23(31)17-11-7-4-8-12-17/h3-14H,2,15H2,1H3,(H,27,30)(H,28,31). The second kappa shape index (κ2) is 9.73. The van der Waals surface area contributed by atoms with Gasteiger partial charge in [-0.15, -0.1) is 0 Å². The van der Waals surface area contributed by atoms with Crippen molar-refractivity contribution in [3.8, 4) is 11.3 Å². The Hall–Kier alpha value is -4.53. The Morgan fingerprint density at radius 3 is 2.36 bits per heavy atom. The van der Waals surface area contributed by atoms with Crippen LogP contribution in [0.25, 0.3) is 22.3 Å². The van der Waals surface area contributed by atoms with Gasteiger partial charge in [-0.25, -0.2) is 14.5 Å². The molecule has 0 aliphatic heterocycles. The Bertz CT molecular complexity index is 1300. The number of nitrogens with zero attached hydrogens (tertiary/aromatic N) is 3. The van der Waals surface area contributed by atoms with Crippen LogP contribution in [0.4, 0.5) is 0 Å². The molecular formula is C24H21N5O4. The first-order valence-electron chi connectivity index (χ1n) is 10.3. The Balaban J connectivity index is 1.48. The number of rotatable bonds is 6. The summed E-state index contributed by atoms with van der Waals surface area (Å²) in [6.07, 6.45) is 1.55. The predicted octanol–water partition coefficient (Wildman–Crippen LogP) is 2.74. The number of nitrogens with one attached hydrogen (secondary N) is 2. The Kier molecular flexibility index (Phi) is 6.40. The molecule has 0 radical (unpaired) electrons. The molecule has 0 bridgehead atoms. The molecule has 9 nitrogen and oxygen atoms in total. The summed E-state index contributed by atoms with van der Waals surface area (Å²) in [5.74, 6) is -1.85. The van der Waals surface area contributed by atoms with Crippen molar-refractivity contribution in [1.82, 2.24) is 25.6 Å². The zero-order valence-corrected chi connectivity index (χ0v) is 17.8. The molecule has 0 unspecified atom stereocenters. The highest BCUT2D eigenvalue weighted by Gasteiger charge is 2.19. The monoisotopic (exact) mass is 443 g/mol. The fourth-order valence-corrected chi connectivity index (χ4v) is 3.24. The Labute approximate surface area is 189 Å². The maximum atomic E-state index is 12.8. The van der Waals surface area contributed by atoms with Gasteiger partial charge in [0, 0.05) is 17.7 Å². The first-order chi connectivity index (χ1) is 16.1. The smallest absolute Gasteiger partial charge is 0.339 e. The fraction of sp³-hybridized carbons (Fsp3) is 0.125. The zero-order valence-electron chi connectivity index (χ0n) is 17.8. The summed E-state index contributed by atoms with van der Waals surface area (Å²) in [5, 5.41) is 4.81. The number of hydrogen-bond acceptors (Lipinski definition) is 6. The average Bonchev–Trinajstić information content (AvgIpc) is 3.29. The Morgan fingerprint density at radius 2 is 1.67 bits per heavy atom. The number of esters is 1. The minimum atomic E-state index is -0.695. The van der Waals surface area contributed by atoms with E-state index in [2.05, 4.69) is 20.9 Å². The van der Waals surface area contributed by atoms with Crippen LogP contribution in [0.1, 0.15) is 27.6 Å². The van der Waals surface area contributed by atoms with Gasteiger partial charge in [0.25, 0.3) is 11.8 Å². The van der Waals surface area contributed by atoms with E-state index in [9.17, 15) is 14.4 Å². The van der Waals surface area contributed by atoms with Gasteiger partial charge in [0.15, 0.2) is 12.3 Å². The lowest BCUT2D eigenvalue weighted by Crippen LogP contribution is -2.43. The second-order valence-electron chi connectivity index (χ2n) is 7.06. The van der Waals surface area contributed by atoms with Crippen LogP contribution in [0, 0.1) is 0 Å². The molecular weight excluding hydrogens is 422 g/mol. The molecule has 2 aromatic heterocycles. The van der Waals surface area contributed by atoms with Crippen LogP contribution in [-0.2, 0) is 16.1 Å². The molecule has 0 saturated carbocycles. The lowest BCUT2D eigenvalue weighted by atomic mass is 10.1. The molecule has 0 spiro atoms. The summed E-state index contributed by atoms with van der Waals surface area (Å²) in [6.45, 7) is 1.93. The van der Waals surface area contributed by atoms with E-state index in [0.29, 0.717) is 28.8 Å². The van der Waals surface area contributed by atoms with E-state index in [-0.39, 0.29) is 5.56 Å². The molecule has 0 aliphatic rings. The third kappa shape index (κ3) is 4.87.